The van der Waals surface area contributed by atoms with Gasteiger partial charge in [0.1, 0.15) is 0 Å². The van der Waals surface area contributed by atoms with Crippen molar-refractivity contribution in [3.8, 4) is 0 Å². The monoisotopic (exact) mass is 160 g/mol. The maximum absolute atomic E-state index is 2.40. The van der Waals surface area contributed by atoms with E-state index in [1.807, 2.05) is 0 Å². The van der Waals surface area contributed by atoms with E-state index in [0.29, 0.717) is 0 Å². The zero-order chi connectivity index (χ0) is 7.97. The van der Waals surface area contributed by atoms with Crippen molar-refractivity contribution in [1.29, 1.82) is 0 Å². The smallest absolute Gasteiger partial charge is 0.0130 e. The lowest BCUT2D eigenvalue weighted by molar-refractivity contribution is 0.275. The molecule has 1 saturated carbocycles. The highest BCUT2D eigenvalue weighted by Crippen LogP contribution is 2.46. The van der Waals surface area contributed by atoms with Crippen LogP contribution in [0.3, 0.4) is 0 Å². The van der Waals surface area contributed by atoms with Crippen molar-refractivity contribution in [2.24, 2.45) is 11.8 Å². The Bertz CT molecular complexity index is 257. The van der Waals surface area contributed by atoms with Crippen molar-refractivity contribution in [3.05, 3.63) is 23.3 Å². The molecule has 0 saturated heterocycles. The first-order chi connectivity index (χ1) is 5.93. The van der Waals surface area contributed by atoms with Crippen LogP contribution >= 0.6 is 0 Å². The third kappa shape index (κ3) is 0.903. The first-order valence-corrected chi connectivity index (χ1v) is 5.32. The quantitative estimate of drug-likeness (QED) is 0.509. The average Bonchev–Trinajstić information content (AvgIpc) is 2.53. The first-order valence-electron chi connectivity index (χ1n) is 5.32. The minimum absolute atomic E-state index is 0.964. The third-order valence-corrected chi connectivity index (χ3v) is 3.83. The Hall–Kier alpha value is -0.520. The van der Waals surface area contributed by atoms with Crippen molar-refractivity contribution in [3.63, 3.8) is 0 Å². The summed E-state index contributed by atoms with van der Waals surface area (Å²) in [6.45, 7) is 0. The summed E-state index contributed by atoms with van der Waals surface area (Å²) in [6.07, 6.45) is 13.4. The lowest BCUT2D eigenvalue weighted by Gasteiger charge is -2.35. The highest BCUT2D eigenvalue weighted by molar-refractivity contribution is 5.38. The molecular formula is C12H16. The van der Waals surface area contributed by atoms with Gasteiger partial charge in [-0.2, -0.15) is 0 Å². The Morgan fingerprint density at radius 1 is 1.25 bits per heavy atom. The van der Waals surface area contributed by atoms with Gasteiger partial charge in [0.25, 0.3) is 0 Å². The van der Waals surface area contributed by atoms with Gasteiger partial charge in [-0.3, -0.25) is 0 Å². The minimum atomic E-state index is 0.964. The summed E-state index contributed by atoms with van der Waals surface area (Å²) >= 11 is 0. The van der Waals surface area contributed by atoms with Crippen molar-refractivity contribution in [1.82, 2.24) is 0 Å². The van der Waals surface area contributed by atoms with Crippen LogP contribution in [-0.2, 0) is 0 Å². The molecule has 2 atom stereocenters. The molecule has 2 bridgehead atoms. The van der Waals surface area contributed by atoms with Gasteiger partial charge in [-0.15, -0.1) is 0 Å². The molecule has 0 aromatic heterocycles. The van der Waals surface area contributed by atoms with Crippen molar-refractivity contribution in [2.75, 3.05) is 0 Å². The van der Waals surface area contributed by atoms with Crippen LogP contribution in [0.2, 0.25) is 0 Å². The van der Waals surface area contributed by atoms with E-state index in [1.165, 1.54) is 38.5 Å². The molecule has 0 radical (unpaired) electrons. The normalized spacial score (nSPS) is 38.7. The molecule has 1 fully saturated rings. The number of hydrogen-bond donors (Lipinski definition) is 0. The summed E-state index contributed by atoms with van der Waals surface area (Å²) in [7, 11) is 0. The molecule has 3 rings (SSSR count). The van der Waals surface area contributed by atoms with E-state index < -0.39 is 0 Å². The van der Waals surface area contributed by atoms with Crippen LogP contribution in [0.1, 0.15) is 38.5 Å². The maximum Gasteiger partial charge on any atom is -0.0130 e. The van der Waals surface area contributed by atoms with E-state index in [0.717, 1.165) is 11.8 Å². The summed E-state index contributed by atoms with van der Waals surface area (Å²) in [4.78, 5) is 0. The van der Waals surface area contributed by atoms with Gasteiger partial charge in [-0.05, 0) is 43.1 Å². The zero-order valence-corrected chi connectivity index (χ0v) is 7.55. The lowest BCUT2D eigenvalue weighted by Crippen LogP contribution is -2.22. The highest BCUT2D eigenvalue weighted by atomic mass is 14.4. The van der Waals surface area contributed by atoms with E-state index in [2.05, 4.69) is 12.2 Å². The van der Waals surface area contributed by atoms with Crippen molar-refractivity contribution < 1.29 is 0 Å². The van der Waals surface area contributed by atoms with Crippen LogP contribution in [0.15, 0.2) is 23.3 Å². The van der Waals surface area contributed by atoms with Gasteiger partial charge >= 0.3 is 0 Å². The van der Waals surface area contributed by atoms with Gasteiger partial charge in [-0.1, -0.05) is 30.6 Å². The topological polar surface area (TPSA) is 0 Å². The second-order valence-electron chi connectivity index (χ2n) is 4.60. The summed E-state index contributed by atoms with van der Waals surface area (Å²) < 4.78 is 0. The van der Waals surface area contributed by atoms with E-state index in [4.69, 9.17) is 0 Å². The van der Waals surface area contributed by atoms with E-state index in [1.54, 1.807) is 11.1 Å². The van der Waals surface area contributed by atoms with Gasteiger partial charge in [0.15, 0.2) is 0 Å². The second kappa shape index (κ2) is 2.48. The van der Waals surface area contributed by atoms with E-state index >= 15 is 0 Å². The van der Waals surface area contributed by atoms with Crippen LogP contribution in [0, 0.1) is 11.8 Å². The highest BCUT2D eigenvalue weighted by Gasteiger charge is 2.31. The van der Waals surface area contributed by atoms with Crippen LogP contribution in [0.4, 0.5) is 0 Å². The van der Waals surface area contributed by atoms with Gasteiger partial charge < -0.3 is 0 Å². The molecule has 64 valence electrons. The molecule has 3 aliphatic rings. The Morgan fingerprint density at radius 2 is 2.25 bits per heavy atom. The van der Waals surface area contributed by atoms with Gasteiger partial charge in [0.05, 0.1) is 0 Å². The second-order valence-corrected chi connectivity index (χ2v) is 4.60. The Labute approximate surface area is 74.4 Å². The van der Waals surface area contributed by atoms with Crippen molar-refractivity contribution in [2.45, 2.75) is 38.5 Å². The van der Waals surface area contributed by atoms with Gasteiger partial charge in [-0.25, -0.2) is 0 Å². The molecule has 12 heavy (non-hydrogen) atoms. The molecule has 0 spiro atoms. The van der Waals surface area contributed by atoms with E-state index in [-0.39, 0.29) is 0 Å². The van der Waals surface area contributed by atoms with Crippen LogP contribution in [0.5, 0.6) is 0 Å². The summed E-state index contributed by atoms with van der Waals surface area (Å²) in [6, 6.07) is 0. The molecule has 0 N–H and O–H groups in total. The number of rotatable bonds is 0. The summed E-state index contributed by atoms with van der Waals surface area (Å²) in [5.41, 5.74) is 3.53. The fraction of sp³-hybridized carbons (Fsp3) is 0.667. The minimum Gasteiger partial charge on any atom is -0.0802 e. The number of allylic oxidation sites excluding steroid dienone is 4. The van der Waals surface area contributed by atoms with Crippen LogP contribution in [-0.4, -0.2) is 0 Å². The Morgan fingerprint density at radius 3 is 3.25 bits per heavy atom. The molecule has 0 amide bonds. The SMILES string of the molecule is C1=CC2=C(C1)CC1CCCC2C1. The molecule has 0 heteroatoms. The average molecular weight is 160 g/mol. The molecule has 0 nitrogen and oxygen atoms in total. The van der Waals surface area contributed by atoms with Crippen LogP contribution < -0.4 is 0 Å². The Balaban J connectivity index is 1.97. The number of fused-ring (bicyclic) bond motifs is 3. The molecule has 0 aliphatic heterocycles. The molecule has 2 unspecified atom stereocenters. The lowest BCUT2D eigenvalue weighted by atomic mass is 9.70. The molecule has 0 aromatic rings. The largest absolute Gasteiger partial charge is 0.0802 e. The van der Waals surface area contributed by atoms with E-state index in [9.17, 15) is 0 Å². The molecule has 3 aliphatic carbocycles. The Kier molecular flexibility index (Phi) is 1.44. The summed E-state index contributed by atoms with van der Waals surface area (Å²) in [5.74, 6) is 2.02. The molecule has 0 heterocycles. The van der Waals surface area contributed by atoms with Crippen LogP contribution in [0.25, 0.3) is 0 Å². The molecular weight excluding hydrogens is 144 g/mol. The predicted octanol–water partition coefficient (Wildman–Crippen LogP) is 3.45. The van der Waals surface area contributed by atoms with Gasteiger partial charge in [0, 0.05) is 0 Å². The van der Waals surface area contributed by atoms with Crippen molar-refractivity contribution >= 4 is 0 Å². The zero-order valence-electron chi connectivity index (χ0n) is 7.55. The first kappa shape index (κ1) is 6.94. The maximum atomic E-state index is 2.40. The summed E-state index contributed by atoms with van der Waals surface area (Å²) in [5, 5.41) is 0. The standard InChI is InChI=1S/C12H16/c1-3-9-7-10(4-1)12-6-2-5-11(12)8-9/h2,6,9-10H,1,3-5,7-8H2. The fourth-order valence-corrected chi connectivity index (χ4v) is 3.30. The fourth-order valence-electron chi connectivity index (χ4n) is 3.30. The third-order valence-electron chi connectivity index (χ3n) is 3.83. The molecule has 0 aromatic carbocycles. The number of hydrogen-bond acceptors (Lipinski definition) is 0. The van der Waals surface area contributed by atoms with Gasteiger partial charge in [0.2, 0.25) is 0 Å². The predicted molar refractivity (Wildman–Crippen MR) is 50.8 cm³/mol.